The van der Waals surface area contributed by atoms with Crippen LogP contribution in [0.15, 0.2) is 53.4 Å². The summed E-state index contributed by atoms with van der Waals surface area (Å²) in [7, 11) is -3.20. The molecule has 100 valence electrons. The summed E-state index contributed by atoms with van der Waals surface area (Å²) in [5, 5.41) is 0. The summed E-state index contributed by atoms with van der Waals surface area (Å²) >= 11 is 0. The minimum absolute atomic E-state index is 0.0758. The van der Waals surface area contributed by atoms with Crippen LogP contribution in [-0.2, 0) is 16.5 Å². The molecule has 0 aromatic heterocycles. The molecule has 0 N–H and O–H groups in total. The molecule has 4 nitrogen and oxygen atoms in total. The van der Waals surface area contributed by atoms with Gasteiger partial charge in [-0.1, -0.05) is 36.4 Å². The van der Waals surface area contributed by atoms with Crippen molar-refractivity contribution in [1.82, 2.24) is 0 Å². The molecule has 0 radical (unpaired) electrons. The highest BCUT2D eigenvalue weighted by Gasteiger charge is 2.10. The van der Waals surface area contributed by atoms with Gasteiger partial charge in [0.2, 0.25) is 0 Å². The van der Waals surface area contributed by atoms with Crippen LogP contribution in [0.4, 0.5) is 0 Å². The molecule has 2 rings (SSSR count). The number of benzene rings is 2. The summed E-state index contributed by atoms with van der Waals surface area (Å²) < 4.78 is 38.4. The standard InChI is InChI=1S/C14H14O4S/c1-18-13-8-7-12(10-14(13)19(15,16)17)9-11-5-3-2-4-6-11/h2-8,10H,9H2,1H3,(H,15,16,17)/p-1. The SMILES string of the molecule is COc1ccc(Cc2ccccc2)cc1S(=O)(=O)[O-]. The van der Waals surface area contributed by atoms with E-state index in [1.165, 1.54) is 19.2 Å². The van der Waals surface area contributed by atoms with Crippen LogP contribution in [-0.4, -0.2) is 20.1 Å². The van der Waals surface area contributed by atoms with Crippen molar-refractivity contribution in [2.45, 2.75) is 11.3 Å². The van der Waals surface area contributed by atoms with E-state index in [0.29, 0.717) is 6.42 Å². The van der Waals surface area contributed by atoms with Crippen LogP contribution < -0.4 is 4.74 Å². The molecule has 0 bridgehead atoms. The zero-order valence-electron chi connectivity index (χ0n) is 10.4. The van der Waals surface area contributed by atoms with Gasteiger partial charge in [0.25, 0.3) is 0 Å². The smallest absolute Gasteiger partial charge is 0.136 e. The summed E-state index contributed by atoms with van der Waals surface area (Å²) in [4.78, 5) is -0.316. The second kappa shape index (κ2) is 5.42. The molecule has 0 heterocycles. The van der Waals surface area contributed by atoms with Gasteiger partial charge in [-0.2, -0.15) is 0 Å². The van der Waals surface area contributed by atoms with Crippen molar-refractivity contribution in [3.63, 3.8) is 0 Å². The molecule has 0 aliphatic heterocycles. The second-order valence-corrected chi connectivity index (χ2v) is 5.45. The van der Waals surface area contributed by atoms with E-state index in [1.54, 1.807) is 6.07 Å². The highest BCUT2D eigenvalue weighted by molar-refractivity contribution is 7.85. The van der Waals surface area contributed by atoms with Crippen LogP contribution in [0.1, 0.15) is 11.1 Å². The van der Waals surface area contributed by atoms with Crippen molar-refractivity contribution in [1.29, 1.82) is 0 Å². The lowest BCUT2D eigenvalue weighted by Crippen LogP contribution is -2.03. The minimum atomic E-state index is -4.54. The molecular weight excluding hydrogens is 264 g/mol. The number of methoxy groups -OCH3 is 1. The summed E-state index contributed by atoms with van der Waals surface area (Å²) in [6.45, 7) is 0. The van der Waals surface area contributed by atoms with Crippen LogP contribution in [0, 0.1) is 0 Å². The van der Waals surface area contributed by atoms with Crippen molar-refractivity contribution in [3.05, 3.63) is 59.7 Å². The first kappa shape index (κ1) is 13.6. The first-order valence-electron chi connectivity index (χ1n) is 5.67. The van der Waals surface area contributed by atoms with Crippen molar-refractivity contribution in [2.24, 2.45) is 0 Å². The Morgan fingerprint density at radius 3 is 2.32 bits per heavy atom. The highest BCUT2D eigenvalue weighted by Crippen LogP contribution is 2.25. The molecule has 0 aliphatic carbocycles. The van der Waals surface area contributed by atoms with Gasteiger partial charge >= 0.3 is 0 Å². The predicted octanol–water partition coefficient (Wildman–Crippen LogP) is 2.19. The molecule has 5 heteroatoms. The van der Waals surface area contributed by atoms with Crippen LogP contribution in [0.3, 0.4) is 0 Å². The van der Waals surface area contributed by atoms with Gasteiger partial charge in [0, 0.05) is 0 Å². The Labute approximate surface area is 112 Å². The monoisotopic (exact) mass is 277 g/mol. The quantitative estimate of drug-likeness (QED) is 0.803. The molecule has 0 saturated heterocycles. The summed E-state index contributed by atoms with van der Waals surface area (Å²) in [5.74, 6) is 0.0758. The van der Waals surface area contributed by atoms with E-state index in [9.17, 15) is 13.0 Å². The fraction of sp³-hybridized carbons (Fsp3) is 0.143. The van der Waals surface area contributed by atoms with Crippen molar-refractivity contribution >= 4 is 10.1 Å². The second-order valence-electron chi connectivity index (χ2n) is 4.10. The maximum atomic E-state index is 11.2. The van der Waals surface area contributed by atoms with Gasteiger partial charge in [-0.25, -0.2) is 8.42 Å². The van der Waals surface area contributed by atoms with E-state index in [0.717, 1.165) is 11.1 Å². The first-order chi connectivity index (χ1) is 9.00. The molecule has 0 atom stereocenters. The van der Waals surface area contributed by atoms with Crippen molar-refractivity contribution < 1.29 is 17.7 Å². The van der Waals surface area contributed by atoms with Gasteiger partial charge in [0.05, 0.1) is 12.0 Å². The molecule has 19 heavy (non-hydrogen) atoms. The average Bonchev–Trinajstić information content (AvgIpc) is 2.39. The van der Waals surface area contributed by atoms with Crippen LogP contribution in [0.25, 0.3) is 0 Å². The van der Waals surface area contributed by atoms with Gasteiger partial charge in [-0.05, 0) is 29.7 Å². The fourth-order valence-electron chi connectivity index (χ4n) is 1.86. The molecule has 0 amide bonds. The Balaban J connectivity index is 2.39. The first-order valence-corrected chi connectivity index (χ1v) is 7.08. The summed E-state index contributed by atoms with van der Waals surface area (Å²) in [6, 6.07) is 14.2. The van der Waals surface area contributed by atoms with Crippen molar-refractivity contribution in [2.75, 3.05) is 7.11 Å². The molecular formula is C14H13O4S-. The van der Waals surface area contributed by atoms with Gasteiger partial charge in [0.15, 0.2) is 0 Å². The maximum Gasteiger partial charge on any atom is 0.136 e. The van der Waals surface area contributed by atoms with E-state index in [1.807, 2.05) is 30.3 Å². The van der Waals surface area contributed by atoms with Crippen LogP contribution in [0.2, 0.25) is 0 Å². The Morgan fingerprint density at radius 2 is 1.74 bits per heavy atom. The largest absolute Gasteiger partial charge is 0.744 e. The van der Waals surface area contributed by atoms with Gasteiger partial charge in [-0.3, -0.25) is 0 Å². The Kier molecular flexibility index (Phi) is 3.87. The summed E-state index contributed by atoms with van der Waals surface area (Å²) in [5.41, 5.74) is 1.79. The van der Waals surface area contributed by atoms with Gasteiger partial charge in [0.1, 0.15) is 15.9 Å². The topological polar surface area (TPSA) is 66.4 Å². The molecule has 0 fully saturated rings. The lowest BCUT2D eigenvalue weighted by molar-refractivity contribution is 0.395. The number of rotatable bonds is 4. The molecule has 0 saturated carbocycles. The van der Waals surface area contributed by atoms with Crippen LogP contribution >= 0.6 is 0 Å². The van der Waals surface area contributed by atoms with Crippen molar-refractivity contribution in [3.8, 4) is 5.75 Å². The van der Waals surface area contributed by atoms with Gasteiger partial charge < -0.3 is 9.29 Å². The Hall–Kier alpha value is -1.85. The number of hydrogen-bond acceptors (Lipinski definition) is 4. The zero-order chi connectivity index (χ0) is 13.9. The normalized spacial score (nSPS) is 11.3. The maximum absolute atomic E-state index is 11.2. The van der Waals surface area contributed by atoms with E-state index >= 15 is 0 Å². The van der Waals surface area contributed by atoms with Gasteiger partial charge in [-0.15, -0.1) is 0 Å². The van der Waals surface area contributed by atoms with E-state index < -0.39 is 10.1 Å². The predicted molar refractivity (Wildman–Crippen MR) is 70.2 cm³/mol. The molecule has 2 aromatic carbocycles. The molecule has 0 aliphatic rings. The minimum Gasteiger partial charge on any atom is -0.744 e. The highest BCUT2D eigenvalue weighted by atomic mass is 32.2. The third-order valence-electron chi connectivity index (χ3n) is 2.75. The lowest BCUT2D eigenvalue weighted by atomic mass is 10.1. The summed E-state index contributed by atoms with van der Waals surface area (Å²) in [6.07, 6.45) is 0.563. The number of hydrogen-bond donors (Lipinski definition) is 0. The fourth-order valence-corrected chi connectivity index (χ4v) is 2.55. The average molecular weight is 277 g/mol. The lowest BCUT2D eigenvalue weighted by Gasteiger charge is -2.13. The zero-order valence-corrected chi connectivity index (χ0v) is 11.2. The van der Waals surface area contributed by atoms with E-state index in [-0.39, 0.29) is 10.6 Å². The molecule has 0 unspecified atom stereocenters. The Morgan fingerprint density at radius 1 is 1.05 bits per heavy atom. The molecule has 0 spiro atoms. The Bertz CT molecular complexity index is 663. The molecule has 2 aromatic rings. The van der Waals surface area contributed by atoms with Crippen LogP contribution in [0.5, 0.6) is 5.75 Å². The number of ether oxygens (including phenoxy) is 1. The third-order valence-corrected chi connectivity index (χ3v) is 3.61. The van der Waals surface area contributed by atoms with E-state index in [4.69, 9.17) is 4.74 Å². The van der Waals surface area contributed by atoms with E-state index in [2.05, 4.69) is 0 Å². The third kappa shape index (κ3) is 3.33.